The summed E-state index contributed by atoms with van der Waals surface area (Å²) in [7, 11) is 0. The summed E-state index contributed by atoms with van der Waals surface area (Å²) in [6.07, 6.45) is 2.31. The number of thioether (sulfide) groups is 1. The minimum atomic E-state index is -1.74. The van der Waals surface area contributed by atoms with Crippen LogP contribution in [-0.2, 0) is 21.6 Å². The quantitative estimate of drug-likeness (QED) is 0.596. The number of hydrogen-bond acceptors (Lipinski definition) is 6. The number of aliphatic hydroxyl groups is 1. The third kappa shape index (κ3) is 4.79. The van der Waals surface area contributed by atoms with Crippen molar-refractivity contribution in [2.24, 2.45) is 0 Å². The van der Waals surface area contributed by atoms with Crippen molar-refractivity contribution in [1.29, 1.82) is 0 Å². The summed E-state index contributed by atoms with van der Waals surface area (Å²) in [5.41, 5.74) is -0.924. The third-order valence-corrected chi connectivity index (χ3v) is 6.75. The van der Waals surface area contributed by atoms with Gasteiger partial charge in [-0.25, -0.2) is 18.4 Å². The lowest BCUT2D eigenvalue weighted by atomic mass is 9.90. The standard InChI is InChI=1S/C22H23F2N3O3S/c1-15(31-17-10-29-21(30-11-17)16-6-3-2-4-7-16)22(28,12-27-14-25-13-26-27)18-8-5-9-19(23)20(18)24/h2-9,13-15,17,21,28H,10-12H2,1H3/t15-,17?,21?,22-/m1/s1. The van der Waals surface area contributed by atoms with E-state index in [9.17, 15) is 13.9 Å². The average molecular weight is 448 g/mol. The fourth-order valence-electron chi connectivity index (χ4n) is 3.60. The first-order valence-corrected chi connectivity index (χ1v) is 10.8. The molecule has 6 nitrogen and oxygen atoms in total. The van der Waals surface area contributed by atoms with Gasteiger partial charge in [0, 0.05) is 16.4 Å². The van der Waals surface area contributed by atoms with Gasteiger partial charge in [0.15, 0.2) is 17.9 Å². The van der Waals surface area contributed by atoms with Gasteiger partial charge in [0.05, 0.1) is 25.0 Å². The second-order valence-corrected chi connectivity index (χ2v) is 9.07. The highest BCUT2D eigenvalue weighted by atomic mass is 32.2. The Morgan fingerprint density at radius 2 is 1.90 bits per heavy atom. The van der Waals surface area contributed by atoms with Crippen LogP contribution in [-0.4, -0.2) is 43.6 Å². The van der Waals surface area contributed by atoms with Gasteiger partial charge < -0.3 is 14.6 Å². The van der Waals surface area contributed by atoms with Crippen molar-refractivity contribution in [3.8, 4) is 0 Å². The molecule has 2 aromatic carbocycles. The molecule has 4 rings (SSSR count). The van der Waals surface area contributed by atoms with Crippen molar-refractivity contribution in [3.05, 3.63) is 83.9 Å². The molecule has 1 saturated heterocycles. The zero-order valence-electron chi connectivity index (χ0n) is 16.9. The Morgan fingerprint density at radius 1 is 1.16 bits per heavy atom. The molecule has 0 bridgehead atoms. The number of rotatable bonds is 7. The summed E-state index contributed by atoms with van der Waals surface area (Å²) < 4.78 is 41.7. The van der Waals surface area contributed by atoms with E-state index in [1.54, 1.807) is 6.92 Å². The Labute approximate surface area is 183 Å². The van der Waals surface area contributed by atoms with Crippen LogP contribution in [0.4, 0.5) is 8.78 Å². The zero-order valence-corrected chi connectivity index (χ0v) is 17.7. The molecule has 1 aromatic heterocycles. The summed E-state index contributed by atoms with van der Waals surface area (Å²) in [6, 6.07) is 13.4. The molecular weight excluding hydrogens is 424 g/mol. The lowest BCUT2D eigenvalue weighted by molar-refractivity contribution is -0.180. The lowest BCUT2D eigenvalue weighted by Crippen LogP contribution is -2.43. The average Bonchev–Trinajstić information content (AvgIpc) is 3.29. The van der Waals surface area contributed by atoms with E-state index in [-0.39, 0.29) is 17.4 Å². The summed E-state index contributed by atoms with van der Waals surface area (Å²) in [6.45, 7) is 2.50. The van der Waals surface area contributed by atoms with Crippen LogP contribution >= 0.6 is 11.8 Å². The van der Waals surface area contributed by atoms with Crippen molar-refractivity contribution in [3.63, 3.8) is 0 Å². The van der Waals surface area contributed by atoms with Crippen molar-refractivity contribution >= 4 is 11.8 Å². The predicted octanol–water partition coefficient (Wildman–Crippen LogP) is 3.68. The van der Waals surface area contributed by atoms with E-state index in [0.29, 0.717) is 13.2 Å². The lowest BCUT2D eigenvalue weighted by Gasteiger charge is -2.37. The molecule has 0 spiro atoms. The Bertz CT molecular complexity index is 985. The molecule has 31 heavy (non-hydrogen) atoms. The molecule has 0 amide bonds. The largest absolute Gasteiger partial charge is 0.382 e. The number of benzene rings is 2. The van der Waals surface area contributed by atoms with E-state index in [4.69, 9.17) is 9.47 Å². The van der Waals surface area contributed by atoms with E-state index in [1.165, 1.54) is 41.2 Å². The van der Waals surface area contributed by atoms with Crippen LogP contribution in [0.2, 0.25) is 0 Å². The molecule has 1 aliphatic rings. The molecule has 0 unspecified atom stereocenters. The summed E-state index contributed by atoms with van der Waals surface area (Å²) >= 11 is 1.41. The normalized spacial score (nSPS) is 22.1. The Hall–Kier alpha value is -2.33. The fraction of sp³-hybridized carbons (Fsp3) is 0.364. The van der Waals surface area contributed by atoms with E-state index in [0.717, 1.165) is 11.6 Å². The van der Waals surface area contributed by atoms with Crippen molar-refractivity contribution in [2.75, 3.05) is 13.2 Å². The first kappa shape index (κ1) is 21.9. The highest BCUT2D eigenvalue weighted by Gasteiger charge is 2.41. The van der Waals surface area contributed by atoms with Gasteiger partial charge in [0.2, 0.25) is 0 Å². The molecule has 164 valence electrons. The minimum absolute atomic E-state index is 0.0807. The van der Waals surface area contributed by atoms with Crippen LogP contribution in [0.5, 0.6) is 0 Å². The maximum atomic E-state index is 14.7. The topological polar surface area (TPSA) is 69.4 Å². The van der Waals surface area contributed by atoms with Crippen LogP contribution in [0.3, 0.4) is 0 Å². The van der Waals surface area contributed by atoms with E-state index in [1.807, 2.05) is 30.3 Å². The maximum absolute atomic E-state index is 14.7. The molecule has 1 aliphatic heterocycles. The molecule has 0 saturated carbocycles. The SMILES string of the molecule is C[C@@H](SC1COC(c2ccccc2)OC1)[C@](O)(Cn1cncn1)c1cccc(F)c1F. The highest BCUT2D eigenvalue weighted by molar-refractivity contribution is 8.00. The molecule has 0 aliphatic carbocycles. The van der Waals surface area contributed by atoms with Gasteiger partial charge in [-0.1, -0.05) is 49.4 Å². The number of nitrogens with zero attached hydrogens (tertiary/aromatic N) is 3. The van der Waals surface area contributed by atoms with Crippen LogP contribution in [0.1, 0.15) is 24.3 Å². The van der Waals surface area contributed by atoms with Crippen LogP contribution in [0, 0.1) is 11.6 Å². The molecule has 3 aromatic rings. The second kappa shape index (κ2) is 9.44. The number of ether oxygens (including phenoxy) is 2. The van der Waals surface area contributed by atoms with Crippen LogP contribution < -0.4 is 0 Å². The Morgan fingerprint density at radius 3 is 2.58 bits per heavy atom. The molecule has 9 heteroatoms. The summed E-state index contributed by atoms with van der Waals surface area (Å²) in [4.78, 5) is 3.88. The van der Waals surface area contributed by atoms with E-state index >= 15 is 0 Å². The van der Waals surface area contributed by atoms with Gasteiger partial charge in [0.25, 0.3) is 0 Å². The molecule has 2 atom stereocenters. The Balaban J connectivity index is 1.50. The van der Waals surface area contributed by atoms with E-state index in [2.05, 4.69) is 10.1 Å². The summed E-state index contributed by atoms with van der Waals surface area (Å²) in [5, 5.41) is 15.0. The summed E-state index contributed by atoms with van der Waals surface area (Å²) in [5.74, 6) is -2.08. The number of aromatic nitrogens is 3. The number of hydrogen-bond donors (Lipinski definition) is 1. The monoisotopic (exact) mass is 447 g/mol. The molecule has 1 N–H and O–H groups in total. The molecule has 1 fully saturated rings. The van der Waals surface area contributed by atoms with Crippen molar-refractivity contribution in [1.82, 2.24) is 14.8 Å². The minimum Gasteiger partial charge on any atom is -0.382 e. The molecular formula is C22H23F2N3O3S. The first-order chi connectivity index (χ1) is 15.0. The zero-order chi connectivity index (χ0) is 21.8. The first-order valence-electron chi connectivity index (χ1n) is 9.90. The molecule has 2 heterocycles. The van der Waals surface area contributed by atoms with Gasteiger partial charge in [-0.2, -0.15) is 5.10 Å². The van der Waals surface area contributed by atoms with Crippen LogP contribution in [0.25, 0.3) is 0 Å². The van der Waals surface area contributed by atoms with Crippen molar-refractivity contribution in [2.45, 2.75) is 35.9 Å². The fourth-order valence-corrected chi connectivity index (χ4v) is 4.92. The molecule has 0 radical (unpaired) electrons. The van der Waals surface area contributed by atoms with Gasteiger partial charge in [-0.15, -0.1) is 11.8 Å². The maximum Gasteiger partial charge on any atom is 0.183 e. The number of halogens is 2. The highest BCUT2D eigenvalue weighted by Crippen LogP contribution is 2.39. The van der Waals surface area contributed by atoms with Gasteiger partial charge in [-0.3, -0.25) is 0 Å². The van der Waals surface area contributed by atoms with Gasteiger partial charge in [-0.05, 0) is 6.07 Å². The predicted molar refractivity (Wildman–Crippen MR) is 112 cm³/mol. The van der Waals surface area contributed by atoms with Crippen LogP contribution in [0.15, 0.2) is 61.2 Å². The third-order valence-electron chi connectivity index (χ3n) is 5.30. The smallest absolute Gasteiger partial charge is 0.183 e. The van der Waals surface area contributed by atoms with E-state index < -0.39 is 28.8 Å². The van der Waals surface area contributed by atoms with Crippen molar-refractivity contribution < 1.29 is 23.4 Å². The Kier molecular flexibility index (Phi) is 6.66. The van der Waals surface area contributed by atoms with Gasteiger partial charge >= 0.3 is 0 Å². The van der Waals surface area contributed by atoms with Gasteiger partial charge in [0.1, 0.15) is 18.3 Å². The second-order valence-electron chi connectivity index (χ2n) is 7.43.